The molecule has 2 atom stereocenters. The van der Waals surface area contributed by atoms with Crippen LogP contribution >= 0.6 is 0 Å². The molecule has 1 fully saturated rings. The van der Waals surface area contributed by atoms with Crippen LogP contribution in [0.5, 0.6) is 0 Å². The molecule has 2 nitrogen and oxygen atoms in total. The quantitative estimate of drug-likeness (QED) is 0.845. The molecule has 0 heterocycles. The van der Waals surface area contributed by atoms with Crippen LogP contribution in [0.3, 0.4) is 0 Å². The molecule has 0 radical (unpaired) electrons. The molecule has 0 aromatic heterocycles. The van der Waals surface area contributed by atoms with E-state index in [-0.39, 0.29) is 6.04 Å². The molecule has 92 valence electrons. The van der Waals surface area contributed by atoms with E-state index in [1.165, 1.54) is 43.2 Å². The summed E-state index contributed by atoms with van der Waals surface area (Å²) in [4.78, 5) is 2.55. The fourth-order valence-corrected chi connectivity index (χ4v) is 3.30. The highest BCUT2D eigenvalue weighted by Crippen LogP contribution is 2.34. The molecule has 2 N–H and O–H groups in total. The van der Waals surface area contributed by atoms with Crippen molar-refractivity contribution in [2.75, 3.05) is 7.05 Å². The van der Waals surface area contributed by atoms with E-state index in [1.807, 2.05) is 0 Å². The Balaban J connectivity index is 1.81. The van der Waals surface area contributed by atoms with E-state index < -0.39 is 0 Å². The summed E-state index contributed by atoms with van der Waals surface area (Å²) in [5, 5.41) is 0. The maximum Gasteiger partial charge on any atom is 0.0455 e. The van der Waals surface area contributed by atoms with Gasteiger partial charge in [-0.25, -0.2) is 0 Å². The predicted molar refractivity (Wildman–Crippen MR) is 70.9 cm³/mol. The molecule has 17 heavy (non-hydrogen) atoms. The SMILES string of the molecule is CN(C1CCC1)C1CCc2ccccc2C1N. The molecule has 0 amide bonds. The Morgan fingerprint density at radius 2 is 1.94 bits per heavy atom. The molecule has 3 rings (SSSR count). The minimum atomic E-state index is 0.200. The first kappa shape index (κ1) is 11.2. The topological polar surface area (TPSA) is 29.3 Å². The maximum absolute atomic E-state index is 6.47. The lowest BCUT2D eigenvalue weighted by Crippen LogP contribution is -2.50. The van der Waals surface area contributed by atoms with Crippen molar-refractivity contribution in [2.24, 2.45) is 5.73 Å². The van der Waals surface area contributed by atoms with E-state index in [1.54, 1.807) is 0 Å². The van der Waals surface area contributed by atoms with Gasteiger partial charge in [0.2, 0.25) is 0 Å². The highest BCUT2D eigenvalue weighted by atomic mass is 15.2. The van der Waals surface area contributed by atoms with Crippen molar-refractivity contribution in [2.45, 2.75) is 50.2 Å². The van der Waals surface area contributed by atoms with Crippen molar-refractivity contribution >= 4 is 0 Å². The fourth-order valence-electron chi connectivity index (χ4n) is 3.30. The zero-order valence-corrected chi connectivity index (χ0v) is 10.6. The highest BCUT2D eigenvalue weighted by Gasteiger charge is 2.34. The van der Waals surface area contributed by atoms with Crippen LogP contribution in [0.25, 0.3) is 0 Å². The van der Waals surface area contributed by atoms with Crippen molar-refractivity contribution < 1.29 is 0 Å². The van der Waals surface area contributed by atoms with Gasteiger partial charge in [-0.2, -0.15) is 0 Å². The average Bonchev–Trinajstić information content (AvgIpc) is 2.27. The number of rotatable bonds is 2. The van der Waals surface area contributed by atoms with Crippen LogP contribution in [0.15, 0.2) is 24.3 Å². The number of hydrogen-bond donors (Lipinski definition) is 1. The number of nitrogens with zero attached hydrogens (tertiary/aromatic N) is 1. The normalized spacial score (nSPS) is 28.9. The lowest BCUT2D eigenvalue weighted by atomic mass is 9.81. The second-order valence-corrected chi connectivity index (χ2v) is 5.58. The molecular weight excluding hydrogens is 208 g/mol. The summed E-state index contributed by atoms with van der Waals surface area (Å²) in [5.41, 5.74) is 9.29. The standard InChI is InChI=1S/C15H22N2/c1-17(12-6-4-7-12)14-10-9-11-5-2-3-8-13(11)15(14)16/h2-3,5,8,12,14-15H,4,6-7,9-10,16H2,1H3. The molecule has 0 spiro atoms. The van der Waals surface area contributed by atoms with E-state index >= 15 is 0 Å². The van der Waals surface area contributed by atoms with Crippen LogP contribution in [0.1, 0.15) is 42.9 Å². The van der Waals surface area contributed by atoms with Crippen LogP contribution in [0.4, 0.5) is 0 Å². The van der Waals surface area contributed by atoms with Crippen molar-refractivity contribution in [1.29, 1.82) is 0 Å². The zero-order chi connectivity index (χ0) is 11.8. The molecule has 2 unspecified atom stereocenters. The summed E-state index contributed by atoms with van der Waals surface area (Å²) in [6, 6.07) is 10.2. The fraction of sp³-hybridized carbons (Fsp3) is 0.600. The van der Waals surface area contributed by atoms with Gasteiger partial charge in [-0.1, -0.05) is 30.7 Å². The van der Waals surface area contributed by atoms with Gasteiger partial charge < -0.3 is 5.73 Å². The first-order chi connectivity index (χ1) is 8.27. The van der Waals surface area contributed by atoms with E-state index in [0.717, 1.165) is 6.04 Å². The van der Waals surface area contributed by atoms with Crippen LogP contribution in [0.2, 0.25) is 0 Å². The van der Waals surface area contributed by atoms with Crippen molar-refractivity contribution in [3.05, 3.63) is 35.4 Å². The number of aryl methyl sites for hydroxylation is 1. The van der Waals surface area contributed by atoms with Crippen LogP contribution in [-0.4, -0.2) is 24.0 Å². The second kappa shape index (κ2) is 4.43. The summed E-state index contributed by atoms with van der Waals surface area (Å²) >= 11 is 0. The number of nitrogens with two attached hydrogens (primary N) is 1. The van der Waals surface area contributed by atoms with Gasteiger partial charge in [0.15, 0.2) is 0 Å². The van der Waals surface area contributed by atoms with E-state index in [0.29, 0.717) is 6.04 Å². The maximum atomic E-state index is 6.47. The molecule has 2 aliphatic carbocycles. The summed E-state index contributed by atoms with van der Waals surface area (Å²) in [6.07, 6.45) is 6.52. The molecule has 0 saturated heterocycles. The van der Waals surface area contributed by atoms with E-state index in [4.69, 9.17) is 5.73 Å². The smallest absolute Gasteiger partial charge is 0.0455 e. The van der Waals surface area contributed by atoms with Crippen molar-refractivity contribution in [3.63, 3.8) is 0 Å². The van der Waals surface area contributed by atoms with Gasteiger partial charge in [0, 0.05) is 18.1 Å². The predicted octanol–water partition coefficient (Wildman–Crippen LogP) is 2.49. The first-order valence-corrected chi connectivity index (χ1v) is 6.82. The number of fused-ring (bicyclic) bond motifs is 1. The lowest BCUT2D eigenvalue weighted by molar-refractivity contribution is 0.0860. The third kappa shape index (κ3) is 1.90. The minimum Gasteiger partial charge on any atom is -0.323 e. The Kier molecular flexibility index (Phi) is 2.93. The Labute approximate surface area is 104 Å². The van der Waals surface area contributed by atoms with Gasteiger partial charge in [0.25, 0.3) is 0 Å². The zero-order valence-electron chi connectivity index (χ0n) is 10.6. The van der Waals surface area contributed by atoms with Crippen LogP contribution < -0.4 is 5.73 Å². The Morgan fingerprint density at radius 3 is 2.65 bits per heavy atom. The van der Waals surface area contributed by atoms with Crippen molar-refractivity contribution in [3.8, 4) is 0 Å². The molecule has 0 bridgehead atoms. The Morgan fingerprint density at radius 1 is 1.18 bits per heavy atom. The third-order valence-corrected chi connectivity index (χ3v) is 4.71. The van der Waals surface area contributed by atoms with Gasteiger partial charge in [-0.3, -0.25) is 4.90 Å². The largest absolute Gasteiger partial charge is 0.323 e. The molecule has 1 aromatic rings. The highest BCUT2D eigenvalue weighted by molar-refractivity contribution is 5.33. The molecule has 1 saturated carbocycles. The van der Waals surface area contributed by atoms with E-state index in [9.17, 15) is 0 Å². The lowest BCUT2D eigenvalue weighted by Gasteiger charge is -2.44. The molecule has 2 aliphatic rings. The van der Waals surface area contributed by atoms with Gasteiger partial charge >= 0.3 is 0 Å². The molecule has 0 aliphatic heterocycles. The summed E-state index contributed by atoms with van der Waals surface area (Å²) < 4.78 is 0. The number of benzene rings is 1. The summed E-state index contributed by atoms with van der Waals surface area (Å²) in [7, 11) is 2.27. The number of likely N-dealkylation sites (N-methyl/N-ethyl adjacent to an activating group) is 1. The van der Waals surface area contributed by atoms with Crippen LogP contribution in [0, 0.1) is 0 Å². The Hall–Kier alpha value is -0.860. The molecule has 1 aromatic carbocycles. The summed E-state index contributed by atoms with van der Waals surface area (Å²) in [6.45, 7) is 0. The van der Waals surface area contributed by atoms with Gasteiger partial charge in [-0.15, -0.1) is 0 Å². The average molecular weight is 230 g/mol. The van der Waals surface area contributed by atoms with Crippen LogP contribution in [-0.2, 0) is 6.42 Å². The van der Waals surface area contributed by atoms with Crippen molar-refractivity contribution in [1.82, 2.24) is 4.90 Å². The molecular formula is C15H22N2. The number of hydrogen-bond acceptors (Lipinski definition) is 2. The third-order valence-electron chi connectivity index (χ3n) is 4.71. The van der Waals surface area contributed by atoms with E-state index in [2.05, 4.69) is 36.2 Å². The minimum absolute atomic E-state index is 0.200. The monoisotopic (exact) mass is 230 g/mol. The summed E-state index contributed by atoms with van der Waals surface area (Å²) in [5.74, 6) is 0. The first-order valence-electron chi connectivity index (χ1n) is 6.82. The Bertz CT molecular complexity index is 398. The van der Waals surface area contributed by atoms with Gasteiger partial charge in [0.05, 0.1) is 0 Å². The molecule has 2 heteroatoms. The van der Waals surface area contributed by atoms with Gasteiger partial charge in [-0.05, 0) is 43.9 Å². The second-order valence-electron chi connectivity index (χ2n) is 5.58. The van der Waals surface area contributed by atoms with Gasteiger partial charge in [0.1, 0.15) is 0 Å².